The van der Waals surface area contributed by atoms with Crippen LogP contribution >= 0.6 is 11.8 Å². The van der Waals surface area contributed by atoms with Gasteiger partial charge in [-0.1, -0.05) is 60.2 Å². The number of carbonyl (C=O) groups excluding carboxylic acids is 2. The Bertz CT molecular complexity index is 1530. The van der Waals surface area contributed by atoms with E-state index in [1.807, 2.05) is 68.4 Å². The summed E-state index contributed by atoms with van der Waals surface area (Å²) in [5, 5.41) is 2.04. The van der Waals surface area contributed by atoms with Crippen molar-refractivity contribution in [1.29, 1.82) is 0 Å². The van der Waals surface area contributed by atoms with Gasteiger partial charge in [-0.25, -0.2) is 0 Å². The van der Waals surface area contributed by atoms with Crippen LogP contribution in [0.4, 0.5) is 4.79 Å². The van der Waals surface area contributed by atoms with Crippen LogP contribution in [0.15, 0.2) is 89.8 Å². The summed E-state index contributed by atoms with van der Waals surface area (Å²) in [6.07, 6.45) is 1.71. The molecule has 1 aliphatic heterocycles. The van der Waals surface area contributed by atoms with Gasteiger partial charge in [0.2, 0.25) is 0 Å². The molecule has 7 heteroatoms. The number of thioether (sulfide) groups is 1. The monoisotopic (exact) mass is 539 g/mol. The van der Waals surface area contributed by atoms with Crippen molar-refractivity contribution in [2.75, 3.05) is 19.8 Å². The Hall–Kier alpha value is -4.23. The first kappa shape index (κ1) is 26.4. The van der Waals surface area contributed by atoms with Gasteiger partial charge >= 0.3 is 0 Å². The number of ether oxygens (including phenoxy) is 3. The number of imide groups is 1. The van der Waals surface area contributed by atoms with Gasteiger partial charge in [0.15, 0.2) is 11.5 Å². The zero-order chi connectivity index (χ0) is 27.2. The van der Waals surface area contributed by atoms with Crippen LogP contribution in [0.25, 0.3) is 16.8 Å². The average molecular weight is 540 g/mol. The lowest BCUT2D eigenvalue weighted by Crippen LogP contribution is -2.32. The van der Waals surface area contributed by atoms with Crippen LogP contribution in [0, 0.1) is 6.92 Å². The molecule has 0 radical (unpaired) electrons. The van der Waals surface area contributed by atoms with Crippen LogP contribution in [0.3, 0.4) is 0 Å². The van der Waals surface area contributed by atoms with Gasteiger partial charge in [-0.05, 0) is 83.9 Å². The number of aryl methyl sites for hydroxylation is 1. The highest BCUT2D eigenvalue weighted by Crippen LogP contribution is 2.35. The maximum Gasteiger partial charge on any atom is 0.293 e. The van der Waals surface area contributed by atoms with Gasteiger partial charge in [-0.3, -0.25) is 14.5 Å². The standard InChI is InChI=1S/C32H29NO5S/c1-3-36-29-19-23(11-15-28(29)38-21-24-10-12-25-6-4-5-7-26(25)18-24)20-30-31(34)33(32(35)39-30)16-17-37-27-13-8-22(2)9-14-27/h4-15,18-20H,3,16-17,21H2,1-2H3/b30-20-. The Labute approximate surface area is 232 Å². The van der Waals surface area contributed by atoms with E-state index < -0.39 is 0 Å². The second-order valence-electron chi connectivity index (χ2n) is 9.10. The van der Waals surface area contributed by atoms with E-state index >= 15 is 0 Å². The molecule has 4 aromatic carbocycles. The Morgan fingerprint density at radius 2 is 1.62 bits per heavy atom. The number of nitrogens with zero attached hydrogens (tertiary/aromatic N) is 1. The number of rotatable bonds is 10. The van der Waals surface area contributed by atoms with Crippen molar-refractivity contribution < 1.29 is 23.8 Å². The van der Waals surface area contributed by atoms with Gasteiger partial charge in [0.05, 0.1) is 18.1 Å². The second kappa shape index (κ2) is 12.1. The van der Waals surface area contributed by atoms with E-state index in [1.54, 1.807) is 6.08 Å². The second-order valence-corrected chi connectivity index (χ2v) is 10.1. The molecule has 0 atom stereocenters. The van der Waals surface area contributed by atoms with Crippen LogP contribution in [0.1, 0.15) is 23.6 Å². The third kappa shape index (κ3) is 6.44. The van der Waals surface area contributed by atoms with Gasteiger partial charge in [0.25, 0.3) is 11.1 Å². The van der Waals surface area contributed by atoms with Crippen molar-refractivity contribution in [3.63, 3.8) is 0 Å². The van der Waals surface area contributed by atoms with Gasteiger partial charge in [-0.2, -0.15) is 0 Å². The van der Waals surface area contributed by atoms with Crippen molar-refractivity contribution in [3.8, 4) is 17.2 Å². The highest BCUT2D eigenvalue weighted by atomic mass is 32.2. The zero-order valence-electron chi connectivity index (χ0n) is 21.9. The van der Waals surface area contributed by atoms with E-state index in [0.717, 1.165) is 33.8 Å². The average Bonchev–Trinajstić information content (AvgIpc) is 3.21. The molecule has 0 aliphatic carbocycles. The number of amides is 2. The quantitative estimate of drug-likeness (QED) is 0.198. The van der Waals surface area contributed by atoms with Gasteiger partial charge < -0.3 is 14.2 Å². The molecule has 198 valence electrons. The maximum atomic E-state index is 12.9. The number of benzene rings is 4. The van der Waals surface area contributed by atoms with Crippen LogP contribution < -0.4 is 14.2 Å². The smallest absolute Gasteiger partial charge is 0.293 e. The summed E-state index contributed by atoms with van der Waals surface area (Å²) in [5.41, 5.74) is 2.94. The molecule has 1 fully saturated rings. The molecule has 1 aliphatic rings. The summed E-state index contributed by atoms with van der Waals surface area (Å²) >= 11 is 0.928. The molecule has 4 aromatic rings. The minimum absolute atomic E-state index is 0.182. The first-order valence-corrected chi connectivity index (χ1v) is 13.6. The molecule has 0 unspecified atom stereocenters. The Morgan fingerprint density at radius 1 is 0.821 bits per heavy atom. The predicted octanol–water partition coefficient (Wildman–Crippen LogP) is 7.24. The van der Waals surface area contributed by atoms with Crippen molar-refractivity contribution in [3.05, 3.63) is 107 Å². The highest BCUT2D eigenvalue weighted by Gasteiger charge is 2.34. The molecule has 0 N–H and O–H groups in total. The Morgan fingerprint density at radius 3 is 2.41 bits per heavy atom. The van der Waals surface area contributed by atoms with E-state index in [-0.39, 0.29) is 24.3 Å². The third-order valence-corrected chi connectivity index (χ3v) is 7.16. The normalized spacial score (nSPS) is 14.3. The van der Waals surface area contributed by atoms with Crippen LogP contribution in [0.5, 0.6) is 17.2 Å². The first-order valence-electron chi connectivity index (χ1n) is 12.8. The molecule has 1 heterocycles. The number of hydrogen-bond acceptors (Lipinski definition) is 6. The predicted molar refractivity (Wildman–Crippen MR) is 155 cm³/mol. The van der Waals surface area contributed by atoms with E-state index in [9.17, 15) is 9.59 Å². The van der Waals surface area contributed by atoms with Crippen molar-refractivity contribution in [2.24, 2.45) is 0 Å². The minimum Gasteiger partial charge on any atom is -0.492 e. The zero-order valence-corrected chi connectivity index (χ0v) is 22.7. The number of fused-ring (bicyclic) bond motifs is 1. The van der Waals surface area contributed by atoms with E-state index in [2.05, 4.69) is 30.3 Å². The van der Waals surface area contributed by atoms with Crippen LogP contribution in [-0.2, 0) is 11.4 Å². The molecule has 0 aromatic heterocycles. The van der Waals surface area contributed by atoms with Gasteiger partial charge in [-0.15, -0.1) is 0 Å². The van der Waals surface area contributed by atoms with Crippen molar-refractivity contribution in [1.82, 2.24) is 4.90 Å². The highest BCUT2D eigenvalue weighted by molar-refractivity contribution is 8.18. The van der Waals surface area contributed by atoms with E-state index in [1.165, 1.54) is 10.3 Å². The Balaban J connectivity index is 1.24. The summed E-state index contributed by atoms with van der Waals surface area (Å²) in [5.74, 6) is 1.57. The molecule has 5 rings (SSSR count). The molecule has 39 heavy (non-hydrogen) atoms. The first-order chi connectivity index (χ1) is 19.0. The largest absolute Gasteiger partial charge is 0.492 e. The summed E-state index contributed by atoms with van der Waals surface area (Å²) in [4.78, 5) is 27.0. The van der Waals surface area contributed by atoms with Gasteiger partial charge in [0, 0.05) is 0 Å². The lowest BCUT2D eigenvalue weighted by atomic mass is 10.1. The van der Waals surface area contributed by atoms with E-state index in [0.29, 0.717) is 35.4 Å². The molecule has 2 amide bonds. The van der Waals surface area contributed by atoms with Crippen LogP contribution in [-0.4, -0.2) is 35.8 Å². The summed E-state index contributed by atoms with van der Waals surface area (Å²) < 4.78 is 17.6. The van der Waals surface area contributed by atoms with Crippen molar-refractivity contribution >= 4 is 39.8 Å². The fraction of sp³-hybridized carbons (Fsp3) is 0.188. The molecule has 0 spiro atoms. The lowest BCUT2D eigenvalue weighted by Gasteiger charge is -2.14. The summed E-state index contributed by atoms with van der Waals surface area (Å²) in [6.45, 7) is 5.18. The maximum absolute atomic E-state index is 12.9. The molecule has 1 saturated heterocycles. The fourth-order valence-corrected chi connectivity index (χ4v) is 5.09. The summed E-state index contributed by atoms with van der Waals surface area (Å²) in [6, 6.07) is 27.6. The SMILES string of the molecule is CCOc1cc(/C=C2\SC(=O)N(CCOc3ccc(C)cc3)C2=O)ccc1OCc1ccc2ccccc2c1. The van der Waals surface area contributed by atoms with E-state index in [4.69, 9.17) is 14.2 Å². The van der Waals surface area contributed by atoms with Gasteiger partial charge in [0.1, 0.15) is 19.0 Å². The van der Waals surface area contributed by atoms with Crippen molar-refractivity contribution in [2.45, 2.75) is 20.5 Å². The molecular weight excluding hydrogens is 510 g/mol. The molecular formula is C32H29NO5S. The number of carbonyl (C=O) groups is 2. The Kier molecular flexibility index (Phi) is 8.18. The topological polar surface area (TPSA) is 65.1 Å². The lowest BCUT2D eigenvalue weighted by molar-refractivity contribution is -0.123. The van der Waals surface area contributed by atoms with Crippen LogP contribution in [0.2, 0.25) is 0 Å². The fourth-order valence-electron chi connectivity index (χ4n) is 4.23. The molecule has 0 bridgehead atoms. The molecule has 0 saturated carbocycles. The minimum atomic E-state index is -0.327. The third-order valence-electron chi connectivity index (χ3n) is 6.25. The number of hydrogen-bond donors (Lipinski definition) is 0. The molecule has 6 nitrogen and oxygen atoms in total. The summed E-state index contributed by atoms with van der Waals surface area (Å²) in [7, 11) is 0.